The van der Waals surface area contributed by atoms with E-state index in [-0.39, 0.29) is 11.8 Å². The van der Waals surface area contributed by atoms with E-state index in [1.807, 2.05) is 15.9 Å². The number of carbonyl (C=O) groups is 2. The van der Waals surface area contributed by atoms with Gasteiger partial charge in [-0.15, -0.1) is 0 Å². The quantitative estimate of drug-likeness (QED) is 0.748. The third-order valence-corrected chi connectivity index (χ3v) is 5.44. The first-order valence-corrected chi connectivity index (χ1v) is 9.89. The summed E-state index contributed by atoms with van der Waals surface area (Å²) in [5.74, 6) is 1.61. The summed E-state index contributed by atoms with van der Waals surface area (Å²) in [6, 6.07) is 5.42. The average Bonchev–Trinajstić information content (AvgIpc) is 2.79. The Morgan fingerprint density at radius 1 is 0.793 bits per heavy atom. The maximum absolute atomic E-state index is 13.0. The Bertz CT molecular complexity index is 860. The Balaban J connectivity index is 1.37. The molecule has 2 saturated heterocycles. The maximum atomic E-state index is 13.0. The second-order valence-electron chi connectivity index (χ2n) is 7.22. The summed E-state index contributed by atoms with van der Waals surface area (Å²) in [6.07, 6.45) is 5.15. The van der Waals surface area contributed by atoms with Gasteiger partial charge in [-0.3, -0.25) is 9.59 Å². The van der Waals surface area contributed by atoms with Crippen molar-refractivity contribution in [2.75, 3.05) is 62.2 Å². The van der Waals surface area contributed by atoms with Crippen LogP contribution >= 0.6 is 0 Å². The van der Waals surface area contributed by atoms with Crippen LogP contribution in [0.5, 0.6) is 0 Å². The normalized spacial score (nSPS) is 17.4. The minimum atomic E-state index is 0.0182. The van der Waals surface area contributed by atoms with Crippen molar-refractivity contribution in [3.63, 3.8) is 0 Å². The maximum Gasteiger partial charge on any atom is 0.254 e. The van der Waals surface area contributed by atoms with Crippen molar-refractivity contribution in [3.05, 3.63) is 42.4 Å². The van der Waals surface area contributed by atoms with Gasteiger partial charge in [-0.05, 0) is 18.2 Å². The van der Waals surface area contributed by atoms with Gasteiger partial charge in [-0.2, -0.15) is 0 Å². The fraction of sp³-hybridized carbons (Fsp3) is 0.450. The molecule has 0 spiro atoms. The second kappa shape index (κ2) is 8.42. The highest BCUT2D eigenvalue weighted by atomic mass is 16.2. The molecule has 2 aliphatic heterocycles. The molecule has 4 heterocycles. The standard InChI is InChI=1S/C20H25N7O2/c1-16(28)24-7-9-25(10-8-24)18-15-17(3-6-21-18)19(29)26-11-13-27(14-12-26)20-22-4-2-5-23-20/h2-6,15H,7-14H2,1H3. The van der Waals surface area contributed by atoms with Gasteiger partial charge in [0.25, 0.3) is 5.91 Å². The van der Waals surface area contributed by atoms with Crippen molar-refractivity contribution in [1.82, 2.24) is 24.8 Å². The molecule has 0 unspecified atom stereocenters. The van der Waals surface area contributed by atoms with E-state index in [0.29, 0.717) is 50.8 Å². The highest BCUT2D eigenvalue weighted by Gasteiger charge is 2.25. The molecule has 0 N–H and O–H groups in total. The van der Waals surface area contributed by atoms with Gasteiger partial charge in [0.15, 0.2) is 0 Å². The van der Waals surface area contributed by atoms with Gasteiger partial charge >= 0.3 is 0 Å². The first kappa shape index (κ1) is 19.1. The van der Waals surface area contributed by atoms with Gasteiger partial charge < -0.3 is 19.6 Å². The lowest BCUT2D eigenvalue weighted by Gasteiger charge is -2.36. The fourth-order valence-electron chi connectivity index (χ4n) is 3.72. The Labute approximate surface area is 170 Å². The van der Waals surface area contributed by atoms with Gasteiger partial charge in [-0.25, -0.2) is 15.0 Å². The molecule has 0 aliphatic carbocycles. The molecule has 0 atom stereocenters. The molecular weight excluding hydrogens is 370 g/mol. The molecule has 9 nitrogen and oxygen atoms in total. The Hall–Kier alpha value is -3.23. The van der Waals surface area contributed by atoms with Crippen molar-refractivity contribution in [2.24, 2.45) is 0 Å². The smallest absolute Gasteiger partial charge is 0.254 e. The fourth-order valence-corrected chi connectivity index (χ4v) is 3.72. The Kier molecular flexibility index (Phi) is 5.55. The number of hydrogen-bond donors (Lipinski definition) is 0. The van der Waals surface area contributed by atoms with E-state index in [4.69, 9.17) is 0 Å². The van der Waals surface area contributed by atoms with Crippen LogP contribution in [-0.2, 0) is 4.79 Å². The lowest BCUT2D eigenvalue weighted by Crippen LogP contribution is -2.49. The number of nitrogens with zero attached hydrogens (tertiary/aromatic N) is 7. The summed E-state index contributed by atoms with van der Waals surface area (Å²) in [5, 5.41) is 0. The van der Waals surface area contributed by atoms with Gasteiger partial charge in [0.2, 0.25) is 11.9 Å². The second-order valence-corrected chi connectivity index (χ2v) is 7.22. The van der Waals surface area contributed by atoms with Crippen LogP contribution in [0.3, 0.4) is 0 Å². The molecule has 29 heavy (non-hydrogen) atoms. The lowest BCUT2D eigenvalue weighted by molar-refractivity contribution is -0.129. The van der Waals surface area contributed by atoms with E-state index < -0.39 is 0 Å². The van der Waals surface area contributed by atoms with Crippen molar-refractivity contribution >= 4 is 23.6 Å². The van der Waals surface area contributed by atoms with Crippen molar-refractivity contribution in [2.45, 2.75) is 6.92 Å². The molecule has 9 heteroatoms. The third-order valence-electron chi connectivity index (χ3n) is 5.44. The van der Waals surface area contributed by atoms with Crippen LogP contribution in [0.1, 0.15) is 17.3 Å². The van der Waals surface area contributed by atoms with Gasteiger partial charge in [-0.1, -0.05) is 0 Å². The SMILES string of the molecule is CC(=O)N1CCN(c2cc(C(=O)N3CCN(c4ncccn4)CC3)ccn2)CC1. The highest BCUT2D eigenvalue weighted by Crippen LogP contribution is 2.18. The number of pyridine rings is 1. The van der Waals surface area contributed by atoms with E-state index in [1.54, 1.807) is 37.6 Å². The van der Waals surface area contributed by atoms with Crippen molar-refractivity contribution < 1.29 is 9.59 Å². The van der Waals surface area contributed by atoms with Gasteiger partial charge in [0, 0.05) is 83.4 Å². The number of amides is 2. The zero-order valence-corrected chi connectivity index (χ0v) is 16.6. The Morgan fingerprint density at radius 3 is 2.07 bits per heavy atom. The molecule has 2 aromatic rings. The minimum absolute atomic E-state index is 0.0182. The summed E-state index contributed by atoms with van der Waals surface area (Å²) in [4.78, 5) is 45.4. The molecule has 0 radical (unpaired) electrons. The van der Waals surface area contributed by atoms with Gasteiger partial charge in [0.05, 0.1) is 0 Å². The van der Waals surface area contributed by atoms with E-state index in [9.17, 15) is 9.59 Å². The largest absolute Gasteiger partial charge is 0.353 e. The van der Waals surface area contributed by atoms with Crippen LogP contribution in [0.2, 0.25) is 0 Å². The number of piperazine rings is 2. The highest BCUT2D eigenvalue weighted by molar-refractivity contribution is 5.95. The molecule has 0 bridgehead atoms. The number of anilines is 2. The summed E-state index contributed by atoms with van der Waals surface area (Å²) in [6.45, 7) is 7.08. The number of hydrogen-bond acceptors (Lipinski definition) is 7. The molecule has 2 aromatic heterocycles. The van der Waals surface area contributed by atoms with Gasteiger partial charge in [0.1, 0.15) is 5.82 Å². The number of aromatic nitrogens is 3. The molecule has 2 amide bonds. The summed E-state index contributed by atoms with van der Waals surface area (Å²) in [7, 11) is 0. The summed E-state index contributed by atoms with van der Waals surface area (Å²) < 4.78 is 0. The van der Waals surface area contributed by atoms with E-state index >= 15 is 0 Å². The predicted molar refractivity (Wildman–Crippen MR) is 109 cm³/mol. The first-order chi connectivity index (χ1) is 14.1. The third kappa shape index (κ3) is 4.28. The zero-order chi connectivity index (χ0) is 20.2. The Morgan fingerprint density at radius 2 is 1.41 bits per heavy atom. The number of rotatable bonds is 3. The molecule has 152 valence electrons. The first-order valence-electron chi connectivity index (χ1n) is 9.89. The lowest BCUT2D eigenvalue weighted by atomic mass is 10.2. The topological polar surface area (TPSA) is 85.8 Å². The molecule has 0 aromatic carbocycles. The van der Waals surface area contributed by atoms with E-state index in [0.717, 1.165) is 18.9 Å². The van der Waals surface area contributed by atoms with E-state index in [1.165, 1.54) is 0 Å². The zero-order valence-electron chi connectivity index (χ0n) is 16.6. The van der Waals surface area contributed by atoms with Crippen LogP contribution in [0.4, 0.5) is 11.8 Å². The van der Waals surface area contributed by atoms with Crippen LogP contribution in [0.25, 0.3) is 0 Å². The minimum Gasteiger partial charge on any atom is -0.353 e. The van der Waals surface area contributed by atoms with Crippen LogP contribution in [-0.4, -0.2) is 88.9 Å². The van der Waals surface area contributed by atoms with Crippen molar-refractivity contribution in [3.8, 4) is 0 Å². The summed E-state index contributed by atoms with van der Waals surface area (Å²) >= 11 is 0. The molecular formula is C20H25N7O2. The monoisotopic (exact) mass is 395 g/mol. The molecule has 2 aliphatic rings. The number of carbonyl (C=O) groups excluding carboxylic acids is 2. The molecule has 0 saturated carbocycles. The van der Waals surface area contributed by atoms with Crippen molar-refractivity contribution in [1.29, 1.82) is 0 Å². The molecule has 4 rings (SSSR count). The summed E-state index contributed by atoms with van der Waals surface area (Å²) in [5.41, 5.74) is 0.647. The molecule has 2 fully saturated rings. The van der Waals surface area contributed by atoms with E-state index in [2.05, 4.69) is 24.8 Å². The van der Waals surface area contributed by atoms with Crippen LogP contribution < -0.4 is 9.80 Å². The van der Waals surface area contributed by atoms with Crippen LogP contribution in [0.15, 0.2) is 36.8 Å². The van der Waals surface area contributed by atoms with Crippen LogP contribution in [0, 0.1) is 0 Å². The predicted octanol–water partition coefficient (Wildman–Crippen LogP) is 0.503. The average molecular weight is 395 g/mol.